The highest BCUT2D eigenvalue weighted by Crippen LogP contribution is 2.31. The molecule has 0 aliphatic rings. The van der Waals surface area contributed by atoms with Gasteiger partial charge in [0, 0.05) is 6.54 Å². The summed E-state index contributed by atoms with van der Waals surface area (Å²) >= 11 is 0. The number of hydrogen-bond donors (Lipinski definition) is 1. The lowest BCUT2D eigenvalue weighted by Gasteiger charge is -2.14. The minimum atomic E-state index is -4.54. The minimum absolute atomic E-state index is 0.0168. The van der Waals surface area contributed by atoms with Gasteiger partial charge in [-0.15, -0.1) is 0 Å². The number of benzene rings is 1. The first-order valence-electron chi connectivity index (χ1n) is 6.03. The third-order valence-electron chi connectivity index (χ3n) is 2.58. The van der Waals surface area contributed by atoms with Gasteiger partial charge in [0.1, 0.15) is 5.82 Å². The van der Waals surface area contributed by atoms with Crippen molar-refractivity contribution in [2.45, 2.75) is 20.0 Å². The van der Waals surface area contributed by atoms with Crippen LogP contribution in [-0.4, -0.2) is 19.1 Å². The van der Waals surface area contributed by atoms with E-state index in [0.29, 0.717) is 12.1 Å². The number of esters is 1. The van der Waals surface area contributed by atoms with Gasteiger partial charge >= 0.3 is 12.1 Å². The fourth-order valence-corrected chi connectivity index (χ4v) is 1.47. The smallest absolute Gasteiger partial charge is 0.416 e. The SMILES string of the molecule is CCOC(=O)C(C)CNc1cc(C(F)(F)F)ccc1F. The average molecular weight is 293 g/mol. The number of alkyl halides is 3. The van der Waals surface area contributed by atoms with Crippen LogP contribution in [0, 0.1) is 11.7 Å². The predicted octanol–water partition coefficient (Wildman–Crippen LogP) is 3.46. The second-order valence-corrected chi connectivity index (χ2v) is 4.23. The molecular weight excluding hydrogens is 278 g/mol. The van der Waals surface area contributed by atoms with Crippen molar-refractivity contribution >= 4 is 11.7 Å². The Hall–Kier alpha value is -1.79. The molecule has 0 bridgehead atoms. The predicted molar refractivity (Wildman–Crippen MR) is 65.7 cm³/mol. The zero-order valence-electron chi connectivity index (χ0n) is 11.1. The number of carbonyl (C=O) groups excluding carboxylic acids is 1. The summed E-state index contributed by atoms with van der Waals surface area (Å²) in [5.41, 5.74) is -1.25. The molecule has 1 rings (SSSR count). The highest BCUT2D eigenvalue weighted by atomic mass is 19.4. The molecule has 0 spiro atoms. The fraction of sp³-hybridized carbons (Fsp3) is 0.462. The van der Waals surface area contributed by atoms with E-state index < -0.39 is 29.4 Å². The van der Waals surface area contributed by atoms with E-state index in [9.17, 15) is 22.4 Å². The van der Waals surface area contributed by atoms with Crippen LogP contribution in [-0.2, 0) is 15.7 Å². The molecule has 0 heterocycles. The number of rotatable bonds is 5. The Morgan fingerprint density at radius 1 is 1.40 bits per heavy atom. The highest BCUT2D eigenvalue weighted by molar-refractivity contribution is 5.72. The van der Waals surface area contributed by atoms with Crippen LogP contribution in [0.15, 0.2) is 18.2 Å². The highest BCUT2D eigenvalue weighted by Gasteiger charge is 2.31. The van der Waals surface area contributed by atoms with E-state index >= 15 is 0 Å². The van der Waals surface area contributed by atoms with E-state index in [2.05, 4.69) is 5.32 Å². The number of anilines is 1. The van der Waals surface area contributed by atoms with Crippen molar-refractivity contribution in [3.8, 4) is 0 Å². The second-order valence-electron chi connectivity index (χ2n) is 4.23. The van der Waals surface area contributed by atoms with Crippen LogP contribution in [0.4, 0.5) is 23.2 Å². The first-order chi connectivity index (χ1) is 9.25. The summed E-state index contributed by atoms with van der Waals surface area (Å²) in [6.45, 7) is 3.37. The summed E-state index contributed by atoms with van der Waals surface area (Å²) in [6.07, 6.45) is -4.54. The van der Waals surface area contributed by atoms with Gasteiger partial charge in [0.15, 0.2) is 0 Å². The van der Waals surface area contributed by atoms with Gasteiger partial charge in [0.05, 0.1) is 23.8 Å². The molecular formula is C13H15F4NO2. The van der Waals surface area contributed by atoms with E-state index in [1.165, 1.54) is 6.92 Å². The van der Waals surface area contributed by atoms with Gasteiger partial charge in [-0.05, 0) is 25.1 Å². The lowest BCUT2D eigenvalue weighted by Crippen LogP contribution is -2.23. The molecule has 1 N–H and O–H groups in total. The topological polar surface area (TPSA) is 38.3 Å². The van der Waals surface area contributed by atoms with Crippen LogP contribution >= 0.6 is 0 Å². The summed E-state index contributed by atoms with van der Waals surface area (Å²) in [6, 6.07) is 2.07. The van der Waals surface area contributed by atoms with Gasteiger partial charge in [0.25, 0.3) is 0 Å². The van der Waals surface area contributed by atoms with Crippen molar-refractivity contribution in [2.75, 3.05) is 18.5 Å². The normalized spacial score (nSPS) is 12.9. The Morgan fingerprint density at radius 3 is 2.60 bits per heavy atom. The number of ether oxygens (including phenoxy) is 1. The summed E-state index contributed by atoms with van der Waals surface area (Å²) < 4.78 is 55.7. The Kier molecular flexibility index (Phi) is 5.35. The van der Waals surface area contributed by atoms with Gasteiger partial charge < -0.3 is 10.1 Å². The Bertz CT molecular complexity index is 474. The van der Waals surface area contributed by atoms with Crippen LogP contribution in [0.25, 0.3) is 0 Å². The van der Waals surface area contributed by atoms with E-state index in [-0.39, 0.29) is 18.8 Å². The Balaban J connectivity index is 2.75. The molecule has 0 saturated heterocycles. The Morgan fingerprint density at radius 2 is 2.05 bits per heavy atom. The van der Waals surface area contributed by atoms with Crippen molar-refractivity contribution in [1.29, 1.82) is 0 Å². The summed E-state index contributed by atoms with van der Waals surface area (Å²) in [5, 5.41) is 2.49. The molecule has 0 aromatic heterocycles. The van der Waals surface area contributed by atoms with Gasteiger partial charge in [0.2, 0.25) is 0 Å². The molecule has 112 valence electrons. The third-order valence-corrected chi connectivity index (χ3v) is 2.58. The molecule has 0 fully saturated rings. The quantitative estimate of drug-likeness (QED) is 0.667. The van der Waals surface area contributed by atoms with E-state index in [4.69, 9.17) is 4.74 Å². The lowest BCUT2D eigenvalue weighted by molar-refractivity contribution is -0.146. The Labute approximate surface area is 113 Å². The number of hydrogen-bond acceptors (Lipinski definition) is 3. The number of halogens is 4. The maximum Gasteiger partial charge on any atom is 0.416 e. The molecule has 1 aromatic carbocycles. The lowest BCUT2D eigenvalue weighted by atomic mass is 10.1. The van der Waals surface area contributed by atoms with Crippen LogP contribution in [0.5, 0.6) is 0 Å². The minimum Gasteiger partial charge on any atom is -0.466 e. The first-order valence-corrected chi connectivity index (χ1v) is 6.03. The standard InChI is InChI=1S/C13H15F4NO2/c1-3-20-12(19)8(2)7-18-11-6-9(13(15,16)17)4-5-10(11)14/h4-6,8,18H,3,7H2,1-2H3. The maximum atomic E-state index is 13.4. The zero-order chi connectivity index (χ0) is 15.3. The molecule has 3 nitrogen and oxygen atoms in total. The summed E-state index contributed by atoms with van der Waals surface area (Å²) in [5.74, 6) is -1.90. The summed E-state index contributed by atoms with van der Waals surface area (Å²) in [4.78, 5) is 11.3. The molecule has 7 heteroatoms. The maximum absolute atomic E-state index is 13.4. The van der Waals surface area contributed by atoms with Crippen LogP contribution in [0.1, 0.15) is 19.4 Å². The molecule has 1 aromatic rings. The molecule has 0 aliphatic carbocycles. The summed E-state index contributed by atoms with van der Waals surface area (Å²) in [7, 11) is 0. The first kappa shape index (κ1) is 16.3. The third kappa shape index (κ3) is 4.40. The van der Waals surface area contributed by atoms with E-state index in [0.717, 1.165) is 6.07 Å². The molecule has 1 atom stereocenters. The van der Waals surface area contributed by atoms with Crippen LogP contribution < -0.4 is 5.32 Å². The monoisotopic (exact) mass is 293 g/mol. The molecule has 1 unspecified atom stereocenters. The van der Waals surface area contributed by atoms with Crippen molar-refractivity contribution in [3.05, 3.63) is 29.6 Å². The van der Waals surface area contributed by atoms with Gasteiger partial charge in [-0.25, -0.2) is 4.39 Å². The van der Waals surface area contributed by atoms with Crippen molar-refractivity contribution in [1.82, 2.24) is 0 Å². The largest absolute Gasteiger partial charge is 0.466 e. The number of nitrogens with one attached hydrogen (secondary N) is 1. The molecule has 0 aliphatic heterocycles. The van der Waals surface area contributed by atoms with Crippen LogP contribution in [0.2, 0.25) is 0 Å². The van der Waals surface area contributed by atoms with Gasteiger partial charge in [-0.2, -0.15) is 13.2 Å². The number of carbonyl (C=O) groups is 1. The van der Waals surface area contributed by atoms with Gasteiger partial charge in [-0.1, -0.05) is 6.92 Å². The van der Waals surface area contributed by atoms with Crippen molar-refractivity contribution in [3.63, 3.8) is 0 Å². The molecule has 0 radical (unpaired) electrons. The van der Waals surface area contributed by atoms with Gasteiger partial charge in [-0.3, -0.25) is 4.79 Å². The second kappa shape index (κ2) is 6.58. The molecule has 20 heavy (non-hydrogen) atoms. The van der Waals surface area contributed by atoms with E-state index in [1.807, 2.05) is 0 Å². The zero-order valence-corrected chi connectivity index (χ0v) is 11.1. The van der Waals surface area contributed by atoms with E-state index in [1.54, 1.807) is 6.92 Å². The average Bonchev–Trinajstić information content (AvgIpc) is 2.36. The van der Waals surface area contributed by atoms with Crippen molar-refractivity contribution < 1.29 is 27.1 Å². The van der Waals surface area contributed by atoms with Crippen LogP contribution in [0.3, 0.4) is 0 Å². The molecule has 0 saturated carbocycles. The van der Waals surface area contributed by atoms with Crippen molar-refractivity contribution in [2.24, 2.45) is 5.92 Å². The molecule has 0 amide bonds. The fourth-order valence-electron chi connectivity index (χ4n) is 1.47.